The maximum absolute atomic E-state index is 11.6. The van der Waals surface area contributed by atoms with Gasteiger partial charge in [-0.1, -0.05) is 12.1 Å². The van der Waals surface area contributed by atoms with Gasteiger partial charge in [0.05, 0.1) is 5.75 Å². The minimum atomic E-state index is -3.30. The van der Waals surface area contributed by atoms with Crippen LogP contribution in [0.3, 0.4) is 0 Å². The van der Waals surface area contributed by atoms with Gasteiger partial charge >= 0.3 is 6.03 Å². The average molecular weight is 300 g/mol. The summed E-state index contributed by atoms with van der Waals surface area (Å²) in [5.41, 5.74) is 7.06. The van der Waals surface area contributed by atoms with Crippen molar-refractivity contribution < 1.29 is 13.2 Å². The molecule has 8 heteroatoms. The van der Waals surface area contributed by atoms with E-state index >= 15 is 0 Å². The van der Waals surface area contributed by atoms with Gasteiger partial charge in [-0.2, -0.15) is 0 Å². The van der Waals surface area contributed by atoms with Crippen LogP contribution in [0.4, 0.5) is 10.5 Å². The van der Waals surface area contributed by atoms with Crippen molar-refractivity contribution in [2.24, 2.45) is 5.73 Å². The van der Waals surface area contributed by atoms with Crippen molar-refractivity contribution in [3.05, 3.63) is 29.8 Å². The number of hydrogen-bond acceptors (Lipinski definition) is 4. The zero-order valence-electron chi connectivity index (χ0n) is 11.6. The van der Waals surface area contributed by atoms with E-state index < -0.39 is 16.1 Å². The Balaban J connectivity index is 2.40. The van der Waals surface area contributed by atoms with Crippen molar-refractivity contribution in [3.8, 4) is 0 Å². The van der Waals surface area contributed by atoms with Crippen LogP contribution in [-0.4, -0.2) is 45.1 Å². The van der Waals surface area contributed by atoms with E-state index in [2.05, 4.69) is 10.6 Å². The lowest BCUT2D eigenvalue weighted by Crippen LogP contribution is -2.36. The Kier molecular flexibility index (Phi) is 5.93. The fourth-order valence-electron chi connectivity index (χ4n) is 1.38. The van der Waals surface area contributed by atoms with E-state index in [0.29, 0.717) is 12.2 Å². The summed E-state index contributed by atoms with van der Waals surface area (Å²) in [4.78, 5) is 11.6. The molecule has 0 saturated heterocycles. The molecule has 20 heavy (non-hydrogen) atoms. The van der Waals surface area contributed by atoms with Crippen molar-refractivity contribution >= 4 is 21.7 Å². The highest BCUT2D eigenvalue weighted by molar-refractivity contribution is 7.89. The molecule has 4 N–H and O–H groups in total. The second kappa shape index (κ2) is 7.22. The monoisotopic (exact) mass is 300 g/mol. The Hall–Kier alpha value is -1.64. The molecule has 0 saturated carbocycles. The molecule has 0 atom stereocenters. The van der Waals surface area contributed by atoms with Crippen molar-refractivity contribution in [2.75, 3.05) is 31.7 Å². The normalized spacial score (nSPS) is 11.4. The van der Waals surface area contributed by atoms with E-state index in [-0.39, 0.29) is 12.3 Å². The number of carbonyl (C=O) groups excluding carboxylic acids is 1. The Morgan fingerprint density at radius 2 is 1.85 bits per heavy atom. The van der Waals surface area contributed by atoms with Crippen molar-refractivity contribution in [1.82, 2.24) is 9.62 Å². The summed E-state index contributed by atoms with van der Waals surface area (Å²) in [7, 11) is -0.393. The topological polar surface area (TPSA) is 105 Å². The number of nitrogens with one attached hydrogen (secondary N) is 2. The fraction of sp³-hybridized carbons (Fsp3) is 0.417. The molecule has 0 aromatic heterocycles. The average Bonchev–Trinajstić information content (AvgIpc) is 2.39. The predicted octanol–water partition coefficient (Wildman–Crippen LogP) is 0.158. The third kappa shape index (κ3) is 5.16. The highest BCUT2D eigenvalue weighted by Gasteiger charge is 2.13. The minimum absolute atomic E-state index is 0.0488. The predicted molar refractivity (Wildman–Crippen MR) is 78.8 cm³/mol. The third-order valence-corrected chi connectivity index (χ3v) is 4.48. The molecule has 0 aliphatic carbocycles. The maximum Gasteiger partial charge on any atom is 0.319 e. The zero-order chi connectivity index (χ0) is 15.2. The number of benzene rings is 1. The van der Waals surface area contributed by atoms with E-state index in [1.54, 1.807) is 12.1 Å². The van der Waals surface area contributed by atoms with Crippen LogP contribution in [0.5, 0.6) is 0 Å². The van der Waals surface area contributed by atoms with Gasteiger partial charge in [0, 0.05) is 32.9 Å². The van der Waals surface area contributed by atoms with Crippen LogP contribution in [0.25, 0.3) is 0 Å². The first-order chi connectivity index (χ1) is 9.35. The van der Waals surface area contributed by atoms with Crippen LogP contribution in [0.15, 0.2) is 24.3 Å². The molecule has 0 aliphatic rings. The van der Waals surface area contributed by atoms with Gasteiger partial charge in [0.25, 0.3) is 0 Å². The van der Waals surface area contributed by atoms with Gasteiger partial charge < -0.3 is 16.4 Å². The first-order valence-corrected chi connectivity index (χ1v) is 7.70. The van der Waals surface area contributed by atoms with Crippen LogP contribution in [0.2, 0.25) is 0 Å². The van der Waals surface area contributed by atoms with Gasteiger partial charge in [-0.25, -0.2) is 17.5 Å². The summed E-state index contributed by atoms with van der Waals surface area (Å²) >= 11 is 0. The molecular weight excluding hydrogens is 280 g/mol. The van der Waals surface area contributed by atoms with E-state index in [0.717, 1.165) is 9.87 Å². The summed E-state index contributed by atoms with van der Waals surface area (Å²) < 4.78 is 24.1. The Labute approximate surface area is 119 Å². The highest BCUT2D eigenvalue weighted by atomic mass is 32.2. The third-order valence-electron chi connectivity index (χ3n) is 2.65. The molecule has 0 radical (unpaired) electrons. The van der Waals surface area contributed by atoms with Gasteiger partial charge in [0.1, 0.15) is 0 Å². The summed E-state index contributed by atoms with van der Waals surface area (Å²) in [6.45, 7) is 0.488. The number of hydrogen-bond donors (Lipinski definition) is 3. The number of carbonyl (C=O) groups is 1. The number of amides is 2. The molecule has 7 nitrogen and oxygen atoms in total. The number of nitrogens with zero attached hydrogens (tertiary/aromatic N) is 1. The Bertz CT molecular complexity index is 540. The molecule has 1 aromatic rings. The molecule has 0 heterocycles. The SMILES string of the molecule is CN(C)S(=O)(=O)CCNC(=O)Nc1ccc(CN)cc1. The van der Waals surface area contributed by atoms with Gasteiger partial charge in [0.2, 0.25) is 10.0 Å². The highest BCUT2D eigenvalue weighted by Crippen LogP contribution is 2.08. The van der Waals surface area contributed by atoms with E-state index in [4.69, 9.17) is 5.73 Å². The molecule has 112 valence electrons. The molecule has 1 rings (SSSR count). The number of anilines is 1. The first-order valence-electron chi connectivity index (χ1n) is 6.09. The molecule has 0 aliphatic heterocycles. The van der Waals surface area contributed by atoms with Gasteiger partial charge in [-0.05, 0) is 17.7 Å². The second-order valence-corrected chi connectivity index (χ2v) is 6.68. The van der Waals surface area contributed by atoms with Crippen LogP contribution < -0.4 is 16.4 Å². The quantitative estimate of drug-likeness (QED) is 0.696. The van der Waals surface area contributed by atoms with Gasteiger partial charge in [-0.15, -0.1) is 0 Å². The number of sulfonamides is 1. The Morgan fingerprint density at radius 3 is 2.35 bits per heavy atom. The zero-order valence-corrected chi connectivity index (χ0v) is 12.4. The smallest absolute Gasteiger partial charge is 0.319 e. The van der Waals surface area contributed by atoms with Crippen molar-refractivity contribution in [2.45, 2.75) is 6.54 Å². The summed E-state index contributed by atoms with van der Waals surface area (Å²) in [6, 6.07) is 6.65. The van der Waals surface area contributed by atoms with Crippen LogP contribution >= 0.6 is 0 Å². The number of urea groups is 1. The summed E-state index contributed by atoms with van der Waals surface area (Å²) in [6.07, 6.45) is 0. The molecular formula is C12H20N4O3S. The van der Waals surface area contributed by atoms with Gasteiger partial charge in [-0.3, -0.25) is 0 Å². The standard InChI is InChI=1S/C12H20N4O3S/c1-16(2)20(18,19)8-7-14-12(17)15-11-5-3-10(9-13)4-6-11/h3-6H,7-9,13H2,1-2H3,(H2,14,15,17). The molecule has 0 unspecified atom stereocenters. The number of nitrogens with two attached hydrogens (primary N) is 1. The minimum Gasteiger partial charge on any atom is -0.337 e. The second-order valence-electron chi connectivity index (χ2n) is 4.38. The molecule has 0 fully saturated rings. The van der Waals surface area contributed by atoms with Crippen LogP contribution in [0.1, 0.15) is 5.56 Å². The van der Waals surface area contributed by atoms with E-state index in [9.17, 15) is 13.2 Å². The summed E-state index contributed by atoms with van der Waals surface area (Å²) in [5.74, 6) is -0.139. The summed E-state index contributed by atoms with van der Waals surface area (Å²) in [5, 5.41) is 5.10. The molecule has 1 aromatic carbocycles. The largest absolute Gasteiger partial charge is 0.337 e. The van der Waals surface area contributed by atoms with Crippen LogP contribution in [0, 0.1) is 0 Å². The first kappa shape index (κ1) is 16.4. The van der Waals surface area contributed by atoms with Crippen molar-refractivity contribution in [1.29, 1.82) is 0 Å². The lowest BCUT2D eigenvalue weighted by Gasteiger charge is -2.12. The molecule has 2 amide bonds. The van der Waals surface area contributed by atoms with Crippen molar-refractivity contribution in [3.63, 3.8) is 0 Å². The molecule has 0 bridgehead atoms. The lowest BCUT2D eigenvalue weighted by molar-refractivity contribution is 0.252. The van der Waals surface area contributed by atoms with E-state index in [1.165, 1.54) is 14.1 Å². The number of rotatable bonds is 6. The Morgan fingerprint density at radius 1 is 1.25 bits per heavy atom. The van der Waals surface area contributed by atoms with Crippen LogP contribution in [-0.2, 0) is 16.6 Å². The van der Waals surface area contributed by atoms with Gasteiger partial charge in [0.15, 0.2) is 0 Å². The van der Waals surface area contributed by atoms with E-state index in [1.807, 2.05) is 12.1 Å². The fourth-order valence-corrected chi connectivity index (χ4v) is 2.10. The maximum atomic E-state index is 11.6. The lowest BCUT2D eigenvalue weighted by atomic mass is 10.2. The molecule has 0 spiro atoms.